The number of urea groups is 1. The van der Waals surface area contributed by atoms with Gasteiger partial charge in [-0.15, -0.1) is 0 Å². The Labute approximate surface area is 162 Å². The molecule has 2 aromatic heterocycles. The Balaban J connectivity index is 1.71. The van der Waals surface area contributed by atoms with Gasteiger partial charge in [-0.3, -0.25) is 5.10 Å². The molecule has 0 aliphatic rings. The lowest BCUT2D eigenvalue weighted by atomic mass is 10.3. The van der Waals surface area contributed by atoms with Crippen LogP contribution in [0.1, 0.15) is 37.1 Å². The molecule has 9 heteroatoms. The summed E-state index contributed by atoms with van der Waals surface area (Å²) in [6, 6.07) is 7.15. The van der Waals surface area contributed by atoms with Gasteiger partial charge in [0, 0.05) is 17.1 Å². The number of carbonyl (C=O) groups excluding carboxylic acids is 1. The Morgan fingerprint density at radius 3 is 2.81 bits per heavy atom. The molecule has 8 nitrogen and oxygen atoms in total. The Hall–Kier alpha value is -2.81. The van der Waals surface area contributed by atoms with Crippen molar-refractivity contribution in [1.82, 2.24) is 30.3 Å². The minimum atomic E-state index is -0.290. The van der Waals surface area contributed by atoms with Crippen molar-refractivity contribution in [3.63, 3.8) is 0 Å². The lowest BCUT2D eigenvalue weighted by molar-refractivity contribution is 0.248. The number of H-pyrrole nitrogens is 1. The Morgan fingerprint density at radius 2 is 2.11 bits per heavy atom. The standard InChI is InChI=1S/C18H23N7OS/c1-5-25-17(19-10-20-25)13(4)21-18(26)22-14-8-6-7-9-15(14)27-16-11(2)23-24-12(16)3/h6-10,13H,5H2,1-4H3,(H,23,24)(H2,21,22,26)/t13-/m1/s1. The lowest BCUT2D eigenvalue weighted by Gasteiger charge is -2.16. The number of hydrogen-bond donors (Lipinski definition) is 3. The number of rotatable bonds is 6. The van der Waals surface area contributed by atoms with Gasteiger partial charge in [0.1, 0.15) is 12.2 Å². The number of hydrogen-bond acceptors (Lipinski definition) is 5. The first-order valence-corrected chi connectivity index (χ1v) is 9.55. The number of carbonyl (C=O) groups is 1. The van der Waals surface area contributed by atoms with E-state index in [2.05, 4.69) is 30.9 Å². The van der Waals surface area contributed by atoms with Crippen LogP contribution in [-0.4, -0.2) is 31.0 Å². The van der Waals surface area contributed by atoms with E-state index in [9.17, 15) is 4.79 Å². The van der Waals surface area contributed by atoms with Crippen molar-refractivity contribution in [1.29, 1.82) is 0 Å². The molecular weight excluding hydrogens is 362 g/mol. The number of benzene rings is 1. The van der Waals surface area contributed by atoms with Crippen LogP contribution < -0.4 is 10.6 Å². The molecule has 1 atom stereocenters. The summed E-state index contributed by atoms with van der Waals surface area (Å²) in [5, 5.41) is 17.2. The highest BCUT2D eigenvalue weighted by molar-refractivity contribution is 7.99. The molecule has 2 amide bonds. The first-order chi connectivity index (χ1) is 13.0. The first kappa shape index (κ1) is 19.0. The zero-order valence-electron chi connectivity index (χ0n) is 15.8. The topological polar surface area (TPSA) is 101 Å². The fourth-order valence-electron chi connectivity index (χ4n) is 2.73. The average Bonchev–Trinajstić information content (AvgIpc) is 3.25. The Morgan fingerprint density at radius 1 is 1.33 bits per heavy atom. The molecule has 3 aromatic rings. The van der Waals surface area contributed by atoms with E-state index in [4.69, 9.17) is 0 Å². The van der Waals surface area contributed by atoms with Gasteiger partial charge in [0.15, 0.2) is 0 Å². The second kappa shape index (κ2) is 8.26. The number of aromatic nitrogens is 5. The van der Waals surface area contributed by atoms with Gasteiger partial charge in [-0.2, -0.15) is 10.2 Å². The van der Waals surface area contributed by atoms with Crippen LogP contribution in [0.15, 0.2) is 40.4 Å². The normalized spacial score (nSPS) is 12.0. The largest absolute Gasteiger partial charge is 0.328 e. The van der Waals surface area contributed by atoms with E-state index < -0.39 is 0 Å². The summed E-state index contributed by atoms with van der Waals surface area (Å²) in [5.74, 6) is 0.722. The summed E-state index contributed by atoms with van der Waals surface area (Å²) in [7, 11) is 0. The molecule has 142 valence electrons. The molecule has 3 N–H and O–H groups in total. The molecule has 0 bridgehead atoms. The molecular formula is C18H23N7OS. The summed E-state index contributed by atoms with van der Waals surface area (Å²) in [6.45, 7) is 8.51. The average molecular weight is 385 g/mol. The highest BCUT2D eigenvalue weighted by atomic mass is 32.2. The second-order valence-electron chi connectivity index (χ2n) is 6.12. The van der Waals surface area contributed by atoms with Gasteiger partial charge in [0.25, 0.3) is 0 Å². The van der Waals surface area contributed by atoms with Crippen molar-refractivity contribution in [3.8, 4) is 0 Å². The fraction of sp³-hybridized carbons (Fsp3) is 0.333. The number of anilines is 1. The van der Waals surface area contributed by atoms with Crippen molar-refractivity contribution in [2.75, 3.05) is 5.32 Å². The van der Waals surface area contributed by atoms with Crippen molar-refractivity contribution in [2.24, 2.45) is 0 Å². The molecule has 0 saturated heterocycles. The van der Waals surface area contributed by atoms with E-state index in [1.807, 2.05) is 52.0 Å². The van der Waals surface area contributed by atoms with Gasteiger partial charge in [0.2, 0.25) is 0 Å². The second-order valence-corrected chi connectivity index (χ2v) is 7.17. The maximum Gasteiger partial charge on any atom is 0.319 e. The van der Waals surface area contributed by atoms with Crippen LogP contribution in [0.25, 0.3) is 0 Å². The van der Waals surface area contributed by atoms with Crippen molar-refractivity contribution < 1.29 is 4.79 Å². The van der Waals surface area contributed by atoms with Gasteiger partial charge in [-0.25, -0.2) is 14.5 Å². The third kappa shape index (κ3) is 4.30. The number of nitrogens with one attached hydrogen (secondary N) is 3. The zero-order chi connectivity index (χ0) is 19.4. The van der Waals surface area contributed by atoms with Gasteiger partial charge in [0.05, 0.1) is 22.3 Å². The molecule has 1 aromatic carbocycles. The quantitative estimate of drug-likeness (QED) is 0.601. The molecule has 0 aliphatic heterocycles. The van der Waals surface area contributed by atoms with Crippen LogP contribution in [0.2, 0.25) is 0 Å². The van der Waals surface area contributed by atoms with Crippen LogP contribution in [0.5, 0.6) is 0 Å². The number of aromatic amines is 1. The third-order valence-electron chi connectivity index (χ3n) is 4.09. The first-order valence-electron chi connectivity index (χ1n) is 8.73. The smallest absolute Gasteiger partial charge is 0.319 e. The minimum absolute atomic E-state index is 0.259. The maximum atomic E-state index is 12.5. The van der Waals surface area contributed by atoms with E-state index in [0.717, 1.165) is 32.7 Å². The summed E-state index contributed by atoms with van der Waals surface area (Å²) < 4.78 is 1.76. The fourth-order valence-corrected chi connectivity index (χ4v) is 3.72. The molecule has 0 fully saturated rings. The van der Waals surface area contributed by atoms with Gasteiger partial charge in [-0.1, -0.05) is 23.9 Å². The van der Waals surface area contributed by atoms with Gasteiger partial charge < -0.3 is 10.6 Å². The van der Waals surface area contributed by atoms with Crippen LogP contribution in [0, 0.1) is 13.8 Å². The maximum absolute atomic E-state index is 12.5. The van der Waals surface area contributed by atoms with Crippen molar-refractivity contribution in [3.05, 3.63) is 47.8 Å². The Bertz CT molecular complexity index is 914. The van der Waals surface area contributed by atoms with E-state index >= 15 is 0 Å². The third-order valence-corrected chi connectivity index (χ3v) is 5.47. The number of aryl methyl sites for hydroxylation is 3. The van der Waals surface area contributed by atoms with Crippen LogP contribution in [0.3, 0.4) is 0 Å². The predicted molar refractivity (Wildman–Crippen MR) is 105 cm³/mol. The van der Waals surface area contributed by atoms with E-state index in [1.165, 1.54) is 6.33 Å². The molecule has 2 heterocycles. The molecule has 0 aliphatic carbocycles. The summed E-state index contributed by atoms with van der Waals surface area (Å²) in [5.41, 5.74) is 2.68. The number of nitrogens with zero attached hydrogens (tertiary/aromatic N) is 4. The Kier molecular flexibility index (Phi) is 5.80. The van der Waals surface area contributed by atoms with E-state index in [-0.39, 0.29) is 12.1 Å². The highest BCUT2D eigenvalue weighted by Crippen LogP contribution is 2.36. The molecule has 0 spiro atoms. The zero-order valence-corrected chi connectivity index (χ0v) is 16.6. The molecule has 27 heavy (non-hydrogen) atoms. The van der Waals surface area contributed by atoms with Crippen LogP contribution in [-0.2, 0) is 6.54 Å². The van der Waals surface area contributed by atoms with E-state index in [0.29, 0.717) is 6.54 Å². The lowest BCUT2D eigenvalue weighted by Crippen LogP contribution is -2.32. The van der Waals surface area contributed by atoms with Gasteiger partial charge >= 0.3 is 6.03 Å². The summed E-state index contributed by atoms with van der Waals surface area (Å²) in [6.07, 6.45) is 1.50. The van der Waals surface area contributed by atoms with Gasteiger partial charge in [-0.05, 0) is 39.8 Å². The van der Waals surface area contributed by atoms with Crippen LogP contribution in [0.4, 0.5) is 10.5 Å². The molecule has 3 rings (SSSR count). The van der Waals surface area contributed by atoms with E-state index in [1.54, 1.807) is 16.4 Å². The highest BCUT2D eigenvalue weighted by Gasteiger charge is 2.17. The number of para-hydroxylation sites is 1. The summed E-state index contributed by atoms with van der Waals surface area (Å²) >= 11 is 1.58. The summed E-state index contributed by atoms with van der Waals surface area (Å²) in [4.78, 5) is 18.7. The molecule has 0 saturated carbocycles. The predicted octanol–water partition coefficient (Wildman–Crippen LogP) is 3.67. The van der Waals surface area contributed by atoms with Crippen molar-refractivity contribution in [2.45, 2.75) is 50.1 Å². The monoisotopic (exact) mass is 385 g/mol. The molecule has 0 unspecified atom stereocenters. The van der Waals surface area contributed by atoms with Crippen LogP contribution >= 0.6 is 11.8 Å². The minimum Gasteiger partial charge on any atom is -0.328 e. The number of amides is 2. The SMILES string of the molecule is CCn1ncnc1[C@@H](C)NC(=O)Nc1ccccc1Sc1c(C)n[nH]c1C. The molecule has 0 radical (unpaired) electrons. The van der Waals surface area contributed by atoms with Crippen molar-refractivity contribution >= 4 is 23.5 Å².